The van der Waals surface area contributed by atoms with Crippen LogP contribution in [0.4, 0.5) is 0 Å². The zero-order chi connectivity index (χ0) is 15.6. The van der Waals surface area contributed by atoms with E-state index in [1.165, 1.54) is 5.56 Å². The number of ether oxygens (including phenoxy) is 1. The first kappa shape index (κ1) is 16.5. The number of Topliss-reactive ketones (excluding diaryl/α,β-unsaturated/α-hetero) is 1. The molecule has 3 heteroatoms. The molecule has 0 aliphatic carbocycles. The molecular formula is C18H25BrO2. The molecular weight excluding hydrogens is 328 g/mol. The van der Waals surface area contributed by atoms with Gasteiger partial charge in [-0.25, -0.2) is 0 Å². The highest BCUT2D eigenvalue weighted by Crippen LogP contribution is 2.34. The number of ketones is 1. The molecule has 1 aromatic rings. The molecule has 2 nitrogen and oxygen atoms in total. The van der Waals surface area contributed by atoms with Crippen molar-refractivity contribution < 1.29 is 9.53 Å². The summed E-state index contributed by atoms with van der Waals surface area (Å²) in [7, 11) is 0. The Balaban J connectivity index is 2.01. The van der Waals surface area contributed by atoms with Crippen molar-refractivity contribution in [1.29, 1.82) is 0 Å². The fourth-order valence-corrected chi connectivity index (χ4v) is 3.82. The largest absolute Gasteiger partial charge is 0.493 e. The molecule has 116 valence electrons. The number of carbonyl (C=O) groups is 1. The van der Waals surface area contributed by atoms with Crippen molar-refractivity contribution in [2.24, 2.45) is 11.3 Å². The first-order chi connectivity index (χ1) is 9.74. The average Bonchev–Trinajstić information content (AvgIpc) is 2.73. The summed E-state index contributed by atoms with van der Waals surface area (Å²) in [5.41, 5.74) is 2.53. The van der Waals surface area contributed by atoms with Crippen LogP contribution in [-0.4, -0.2) is 12.4 Å². The van der Waals surface area contributed by atoms with Crippen molar-refractivity contribution in [3.05, 3.63) is 27.7 Å². The number of carbonyl (C=O) groups excluding carboxylic acids is 1. The average molecular weight is 353 g/mol. The predicted octanol–water partition coefficient (Wildman–Crippen LogP) is 4.96. The van der Waals surface area contributed by atoms with Gasteiger partial charge in [0.15, 0.2) is 0 Å². The smallest absolute Gasteiger partial charge is 0.137 e. The zero-order valence-corrected chi connectivity index (χ0v) is 15.0. The molecule has 0 amide bonds. The Labute approximate surface area is 136 Å². The van der Waals surface area contributed by atoms with E-state index in [0.29, 0.717) is 24.5 Å². The summed E-state index contributed by atoms with van der Waals surface area (Å²) < 4.78 is 6.74. The molecule has 0 bridgehead atoms. The third-order valence-corrected chi connectivity index (χ3v) is 4.21. The summed E-state index contributed by atoms with van der Waals surface area (Å²) in [6, 6.07) is 4.12. The standard InChI is InChI=1S/C18H25BrO2/c1-12(11-18(2,3)4)7-16(20)10-14-9-15(19)8-13-5-6-21-17(13)14/h8-9,12H,5-7,10-11H2,1-4H3. The van der Waals surface area contributed by atoms with Crippen molar-refractivity contribution in [3.8, 4) is 5.75 Å². The van der Waals surface area contributed by atoms with E-state index < -0.39 is 0 Å². The van der Waals surface area contributed by atoms with Crippen LogP contribution in [0.2, 0.25) is 0 Å². The molecule has 0 aromatic heterocycles. The molecule has 1 heterocycles. The van der Waals surface area contributed by atoms with Crippen LogP contribution in [0.5, 0.6) is 5.75 Å². The Morgan fingerprint density at radius 2 is 2.10 bits per heavy atom. The quantitative estimate of drug-likeness (QED) is 0.748. The van der Waals surface area contributed by atoms with E-state index in [1.54, 1.807) is 0 Å². The van der Waals surface area contributed by atoms with Gasteiger partial charge in [0, 0.05) is 29.3 Å². The first-order valence-electron chi connectivity index (χ1n) is 7.70. The molecule has 0 radical (unpaired) electrons. The van der Waals surface area contributed by atoms with Crippen LogP contribution < -0.4 is 4.74 Å². The molecule has 0 saturated carbocycles. The molecule has 0 fully saturated rings. The maximum Gasteiger partial charge on any atom is 0.137 e. The minimum Gasteiger partial charge on any atom is -0.493 e. The molecule has 0 spiro atoms. The Morgan fingerprint density at radius 3 is 2.76 bits per heavy atom. The second kappa shape index (κ2) is 6.51. The van der Waals surface area contributed by atoms with Crippen LogP contribution >= 0.6 is 15.9 Å². The van der Waals surface area contributed by atoms with Crippen molar-refractivity contribution in [3.63, 3.8) is 0 Å². The fraction of sp³-hybridized carbons (Fsp3) is 0.611. The van der Waals surface area contributed by atoms with Gasteiger partial charge in [-0.15, -0.1) is 0 Å². The molecule has 0 saturated heterocycles. The van der Waals surface area contributed by atoms with Crippen LogP contribution in [0.3, 0.4) is 0 Å². The second-order valence-electron chi connectivity index (χ2n) is 7.44. The summed E-state index contributed by atoms with van der Waals surface area (Å²) in [5, 5.41) is 0. The van der Waals surface area contributed by atoms with Gasteiger partial charge in [0.25, 0.3) is 0 Å². The number of rotatable bonds is 5. The highest BCUT2D eigenvalue weighted by atomic mass is 79.9. The summed E-state index contributed by atoms with van der Waals surface area (Å²) in [6.45, 7) is 9.58. The third-order valence-electron chi connectivity index (χ3n) is 3.75. The SMILES string of the molecule is CC(CC(=O)Cc1cc(Br)cc2c1OCC2)CC(C)(C)C. The van der Waals surface area contributed by atoms with Gasteiger partial charge in [-0.2, -0.15) is 0 Å². The molecule has 1 aromatic carbocycles. The monoisotopic (exact) mass is 352 g/mol. The van der Waals surface area contributed by atoms with Crippen LogP contribution in [0.25, 0.3) is 0 Å². The highest BCUT2D eigenvalue weighted by molar-refractivity contribution is 9.10. The van der Waals surface area contributed by atoms with Crippen molar-refractivity contribution in [2.75, 3.05) is 6.61 Å². The van der Waals surface area contributed by atoms with Crippen molar-refractivity contribution in [1.82, 2.24) is 0 Å². The van der Waals surface area contributed by atoms with E-state index in [4.69, 9.17) is 4.74 Å². The van der Waals surface area contributed by atoms with Gasteiger partial charge in [-0.1, -0.05) is 43.6 Å². The Hall–Kier alpha value is -0.830. The normalized spacial score (nSPS) is 15.5. The molecule has 1 aliphatic heterocycles. The number of fused-ring (bicyclic) bond motifs is 1. The van der Waals surface area contributed by atoms with Gasteiger partial charge in [0.2, 0.25) is 0 Å². The summed E-state index contributed by atoms with van der Waals surface area (Å²) in [6.07, 6.45) is 3.15. The Morgan fingerprint density at radius 1 is 1.38 bits per heavy atom. The fourth-order valence-electron chi connectivity index (χ4n) is 3.27. The minimum atomic E-state index is 0.278. The van der Waals surface area contributed by atoms with Crippen LogP contribution in [0, 0.1) is 11.3 Å². The zero-order valence-electron chi connectivity index (χ0n) is 13.5. The summed E-state index contributed by atoms with van der Waals surface area (Å²) >= 11 is 3.53. The maximum absolute atomic E-state index is 12.3. The minimum absolute atomic E-state index is 0.278. The summed E-state index contributed by atoms with van der Waals surface area (Å²) in [4.78, 5) is 12.3. The topological polar surface area (TPSA) is 26.3 Å². The number of hydrogen-bond acceptors (Lipinski definition) is 2. The van der Waals surface area contributed by atoms with E-state index in [9.17, 15) is 4.79 Å². The van der Waals surface area contributed by atoms with Crippen molar-refractivity contribution in [2.45, 2.75) is 53.4 Å². The lowest BCUT2D eigenvalue weighted by Crippen LogP contribution is -2.15. The van der Waals surface area contributed by atoms with E-state index in [0.717, 1.165) is 35.2 Å². The van der Waals surface area contributed by atoms with Gasteiger partial charge >= 0.3 is 0 Å². The first-order valence-corrected chi connectivity index (χ1v) is 8.50. The molecule has 21 heavy (non-hydrogen) atoms. The lowest BCUT2D eigenvalue weighted by molar-refractivity contribution is -0.119. The number of halogens is 1. The van der Waals surface area contributed by atoms with Crippen LogP contribution in [-0.2, 0) is 17.6 Å². The number of benzene rings is 1. The second-order valence-corrected chi connectivity index (χ2v) is 8.36. The predicted molar refractivity (Wildman–Crippen MR) is 89.9 cm³/mol. The van der Waals surface area contributed by atoms with Gasteiger partial charge in [0.05, 0.1) is 6.61 Å². The Bertz CT molecular complexity index is 529. The molecule has 0 N–H and O–H groups in total. The Kier molecular flexibility index (Phi) is 5.13. The molecule has 2 rings (SSSR count). The molecule has 1 aliphatic rings. The van der Waals surface area contributed by atoms with Gasteiger partial charge in [-0.3, -0.25) is 4.79 Å². The van der Waals surface area contributed by atoms with Crippen molar-refractivity contribution >= 4 is 21.7 Å². The van der Waals surface area contributed by atoms with E-state index in [-0.39, 0.29) is 5.41 Å². The van der Waals surface area contributed by atoms with Gasteiger partial charge < -0.3 is 4.74 Å². The van der Waals surface area contributed by atoms with Gasteiger partial charge in [-0.05, 0) is 35.4 Å². The molecule has 1 unspecified atom stereocenters. The highest BCUT2D eigenvalue weighted by Gasteiger charge is 2.21. The lowest BCUT2D eigenvalue weighted by Gasteiger charge is -2.22. The van der Waals surface area contributed by atoms with E-state index in [1.807, 2.05) is 6.07 Å². The van der Waals surface area contributed by atoms with Crippen LogP contribution in [0.15, 0.2) is 16.6 Å². The van der Waals surface area contributed by atoms with Gasteiger partial charge in [0.1, 0.15) is 11.5 Å². The third kappa shape index (κ3) is 4.84. The molecule has 1 atom stereocenters. The van der Waals surface area contributed by atoms with E-state index >= 15 is 0 Å². The van der Waals surface area contributed by atoms with E-state index in [2.05, 4.69) is 49.7 Å². The lowest BCUT2D eigenvalue weighted by atomic mass is 9.83. The maximum atomic E-state index is 12.3. The number of hydrogen-bond donors (Lipinski definition) is 0. The van der Waals surface area contributed by atoms with Crippen LogP contribution in [0.1, 0.15) is 51.7 Å². The summed E-state index contributed by atoms with van der Waals surface area (Å²) in [5.74, 6) is 1.68.